The van der Waals surface area contributed by atoms with Gasteiger partial charge < -0.3 is 4.90 Å². The van der Waals surface area contributed by atoms with E-state index in [1.807, 2.05) is 0 Å². The molecular formula is C14H5Cl3F5N3O4. The second kappa shape index (κ2) is 7.76. The maximum atomic E-state index is 14.0. The number of hydrogen-bond donors (Lipinski definition) is 0. The van der Waals surface area contributed by atoms with E-state index in [2.05, 4.69) is 0 Å². The molecule has 29 heavy (non-hydrogen) atoms. The molecule has 7 nitrogen and oxygen atoms in total. The van der Waals surface area contributed by atoms with Gasteiger partial charge in [0, 0.05) is 13.1 Å². The lowest BCUT2D eigenvalue weighted by atomic mass is 10.1. The molecule has 15 heteroatoms. The third-order valence-electron chi connectivity index (χ3n) is 3.64. The van der Waals surface area contributed by atoms with Crippen molar-refractivity contribution in [2.24, 2.45) is 0 Å². The first-order valence-corrected chi connectivity index (χ1v) is 8.12. The van der Waals surface area contributed by atoms with Crippen LogP contribution >= 0.6 is 34.8 Å². The second-order valence-electron chi connectivity index (χ2n) is 5.35. The van der Waals surface area contributed by atoms with Gasteiger partial charge in [-0.3, -0.25) is 20.2 Å². The van der Waals surface area contributed by atoms with Crippen LogP contribution in [0.5, 0.6) is 0 Å². The summed E-state index contributed by atoms with van der Waals surface area (Å²) < 4.78 is 68.7. The molecule has 0 fully saturated rings. The van der Waals surface area contributed by atoms with Crippen molar-refractivity contribution >= 4 is 57.6 Å². The number of nitro benzene ring substituents is 2. The molecule has 0 saturated heterocycles. The van der Waals surface area contributed by atoms with Gasteiger partial charge in [0.05, 0.1) is 27.2 Å². The number of alkyl halides is 3. The predicted octanol–water partition coefficient (Wildman–Crippen LogP) is 6.53. The Morgan fingerprint density at radius 2 is 1.38 bits per heavy atom. The van der Waals surface area contributed by atoms with Crippen molar-refractivity contribution in [1.29, 1.82) is 0 Å². The van der Waals surface area contributed by atoms with E-state index < -0.39 is 71.0 Å². The van der Waals surface area contributed by atoms with Crippen LogP contribution in [0.4, 0.5) is 44.7 Å². The molecule has 0 spiro atoms. The van der Waals surface area contributed by atoms with Crippen LogP contribution in [0, 0.1) is 31.9 Å². The van der Waals surface area contributed by atoms with Crippen molar-refractivity contribution in [3.05, 3.63) is 64.6 Å². The van der Waals surface area contributed by atoms with Gasteiger partial charge in [0.2, 0.25) is 0 Å². The Labute approximate surface area is 172 Å². The molecule has 2 aromatic carbocycles. The topological polar surface area (TPSA) is 89.5 Å². The van der Waals surface area contributed by atoms with E-state index in [1.54, 1.807) is 0 Å². The molecule has 0 aromatic heterocycles. The highest BCUT2D eigenvalue weighted by molar-refractivity contribution is 6.42. The number of nitro groups is 2. The van der Waals surface area contributed by atoms with Gasteiger partial charge in [0.1, 0.15) is 20.8 Å². The van der Waals surface area contributed by atoms with Gasteiger partial charge in [-0.2, -0.15) is 13.2 Å². The maximum absolute atomic E-state index is 14.0. The lowest BCUT2D eigenvalue weighted by Gasteiger charge is -2.25. The highest BCUT2D eigenvalue weighted by atomic mass is 35.5. The molecule has 0 atom stereocenters. The van der Waals surface area contributed by atoms with Crippen molar-refractivity contribution in [3.63, 3.8) is 0 Å². The zero-order chi connectivity index (χ0) is 22.4. The summed E-state index contributed by atoms with van der Waals surface area (Å²) in [4.78, 5) is 19.9. The number of rotatable bonds is 4. The molecule has 0 heterocycles. The molecule has 0 aliphatic rings. The highest BCUT2D eigenvalue weighted by Gasteiger charge is 2.42. The van der Waals surface area contributed by atoms with Gasteiger partial charge in [0.15, 0.2) is 11.6 Å². The molecule has 0 radical (unpaired) electrons. The molecule has 0 unspecified atom stereocenters. The molecule has 0 saturated carbocycles. The summed E-state index contributed by atoms with van der Waals surface area (Å²) in [7, 11) is 0.753. The number of halogens is 8. The monoisotopic (exact) mass is 479 g/mol. The molecule has 2 aromatic rings. The summed E-state index contributed by atoms with van der Waals surface area (Å²) in [6.45, 7) is 0. The van der Waals surface area contributed by atoms with E-state index >= 15 is 0 Å². The Balaban J connectivity index is 2.98. The third kappa shape index (κ3) is 4.00. The quantitative estimate of drug-likeness (QED) is 0.163. The van der Waals surface area contributed by atoms with E-state index in [-0.39, 0.29) is 12.1 Å². The first-order valence-electron chi connectivity index (χ1n) is 6.99. The number of benzene rings is 2. The Bertz CT molecular complexity index is 1020. The SMILES string of the molecule is CN(c1c([N+](=O)[O-])cc([N+](=O)[O-])cc1C(F)(F)F)c1c(Cl)c(F)c(Cl)c(F)c1Cl. The Morgan fingerprint density at radius 1 is 0.897 bits per heavy atom. The van der Waals surface area contributed by atoms with Crippen molar-refractivity contribution in [3.8, 4) is 0 Å². The van der Waals surface area contributed by atoms with Gasteiger partial charge in [-0.25, -0.2) is 8.78 Å². The second-order valence-corrected chi connectivity index (χ2v) is 6.48. The maximum Gasteiger partial charge on any atom is 0.418 e. The highest BCUT2D eigenvalue weighted by Crippen LogP contribution is 2.50. The fourth-order valence-corrected chi connectivity index (χ4v) is 3.38. The minimum absolute atomic E-state index is 0.0310. The van der Waals surface area contributed by atoms with E-state index in [0.717, 1.165) is 7.05 Å². The number of non-ortho nitro benzene ring substituents is 1. The van der Waals surface area contributed by atoms with Crippen LogP contribution in [0.25, 0.3) is 0 Å². The van der Waals surface area contributed by atoms with Gasteiger partial charge in [-0.05, 0) is 0 Å². The van der Waals surface area contributed by atoms with Crippen LogP contribution in [-0.4, -0.2) is 16.9 Å². The van der Waals surface area contributed by atoms with E-state index in [4.69, 9.17) is 34.8 Å². The fourth-order valence-electron chi connectivity index (χ4n) is 2.42. The summed E-state index contributed by atoms with van der Waals surface area (Å²) in [6.07, 6.45) is -5.33. The molecule has 156 valence electrons. The first kappa shape index (κ1) is 22.8. The lowest BCUT2D eigenvalue weighted by Crippen LogP contribution is -2.20. The number of hydrogen-bond acceptors (Lipinski definition) is 5. The van der Waals surface area contributed by atoms with E-state index in [0.29, 0.717) is 4.90 Å². The van der Waals surface area contributed by atoms with E-state index in [1.165, 1.54) is 0 Å². The Morgan fingerprint density at radius 3 is 1.76 bits per heavy atom. The summed E-state index contributed by atoms with van der Waals surface area (Å²) in [5.74, 6) is -3.15. The standard InChI is InChI=1S/C14H5Cl3F5N3O4/c1-23(13-8(16)10(18)7(15)11(19)9(13)17)12-5(14(20,21)22)2-4(24(26)27)3-6(12)25(28)29/h2-3H,1H3. The van der Waals surface area contributed by atoms with Crippen LogP contribution in [0.3, 0.4) is 0 Å². The van der Waals surface area contributed by atoms with Crippen LogP contribution < -0.4 is 4.90 Å². The van der Waals surface area contributed by atoms with Crippen molar-refractivity contribution in [2.75, 3.05) is 11.9 Å². The summed E-state index contributed by atoms with van der Waals surface area (Å²) in [5, 5.41) is 19.0. The Hall–Kier alpha value is -2.44. The minimum Gasteiger partial charge on any atom is -0.336 e. The van der Waals surface area contributed by atoms with Crippen LogP contribution in [-0.2, 0) is 6.18 Å². The lowest BCUT2D eigenvalue weighted by molar-refractivity contribution is -0.394. The number of anilines is 2. The molecule has 0 aliphatic carbocycles. The van der Waals surface area contributed by atoms with E-state index in [9.17, 15) is 42.2 Å². The predicted molar refractivity (Wildman–Crippen MR) is 94.2 cm³/mol. The average Bonchev–Trinajstić information content (AvgIpc) is 2.62. The smallest absolute Gasteiger partial charge is 0.336 e. The van der Waals surface area contributed by atoms with Gasteiger partial charge in [-0.15, -0.1) is 0 Å². The van der Waals surface area contributed by atoms with Crippen LogP contribution in [0.15, 0.2) is 12.1 Å². The molecule has 2 rings (SSSR count). The molecule has 0 amide bonds. The summed E-state index contributed by atoms with van der Waals surface area (Å²) >= 11 is 16.7. The molecule has 0 bridgehead atoms. The van der Waals surface area contributed by atoms with Crippen LogP contribution in [0.2, 0.25) is 15.1 Å². The third-order valence-corrected chi connectivity index (χ3v) is 4.67. The molecule has 0 N–H and O–H groups in total. The molecule has 0 aliphatic heterocycles. The van der Waals surface area contributed by atoms with Gasteiger partial charge >= 0.3 is 6.18 Å². The normalized spacial score (nSPS) is 11.5. The van der Waals surface area contributed by atoms with Crippen LogP contribution in [0.1, 0.15) is 5.56 Å². The first-order chi connectivity index (χ1) is 13.2. The summed E-state index contributed by atoms with van der Waals surface area (Å²) in [6, 6.07) is 0.286. The number of nitrogens with zero attached hydrogens (tertiary/aromatic N) is 3. The van der Waals surface area contributed by atoms with Crippen molar-refractivity contribution < 1.29 is 31.8 Å². The largest absolute Gasteiger partial charge is 0.418 e. The minimum atomic E-state index is -5.33. The van der Waals surface area contributed by atoms with Crippen molar-refractivity contribution in [1.82, 2.24) is 0 Å². The average molecular weight is 481 g/mol. The Kier molecular flexibility index (Phi) is 6.12. The van der Waals surface area contributed by atoms with Gasteiger partial charge in [-0.1, -0.05) is 34.8 Å². The molecular weight excluding hydrogens is 476 g/mol. The fraction of sp³-hybridized carbons (Fsp3) is 0.143. The van der Waals surface area contributed by atoms with Gasteiger partial charge in [0.25, 0.3) is 11.4 Å². The van der Waals surface area contributed by atoms with Crippen molar-refractivity contribution in [2.45, 2.75) is 6.18 Å². The summed E-state index contributed by atoms with van der Waals surface area (Å²) in [5.41, 5.74) is -6.62. The zero-order valence-electron chi connectivity index (χ0n) is 13.7. The zero-order valence-corrected chi connectivity index (χ0v) is 15.9.